The third kappa shape index (κ3) is 3.11. The van der Waals surface area contributed by atoms with Gasteiger partial charge in [-0.3, -0.25) is 4.68 Å². The number of aryl methyl sites for hydroxylation is 1. The smallest absolute Gasteiger partial charge is 0.340 e. The van der Waals surface area contributed by atoms with Gasteiger partial charge < -0.3 is 10.2 Å². The number of aromatic nitrogens is 2. The average molecular weight is 208 g/mol. The third-order valence-electron chi connectivity index (χ3n) is 1.55. The van der Waals surface area contributed by atoms with Crippen molar-refractivity contribution in [1.82, 2.24) is 9.78 Å². The van der Waals surface area contributed by atoms with Gasteiger partial charge in [0.2, 0.25) is 0 Å². The molecule has 0 radical (unpaired) electrons. The fourth-order valence-corrected chi connectivity index (χ4v) is 0.949. The maximum absolute atomic E-state index is 10.8. The van der Waals surface area contributed by atoms with Crippen LogP contribution in [-0.4, -0.2) is 31.6 Å². The SMILES string of the molecule is Cn1cc(C(=O)O)c(C#CC(C)(C)O)n1. The van der Waals surface area contributed by atoms with Gasteiger partial charge in [0.05, 0.1) is 0 Å². The first-order valence-electron chi connectivity index (χ1n) is 4.32. The molecule has 5 heteroatoms. The summed E-state index contributed by atoms with van der Waals surface area (Å²) in [5.74, 6) is 3.98. The Bertz CT molecular complexity index is 443. The van der Waals surface area contributed by atoms with Crippen molar-refractivity contribution in [3.8, 4) is 11.8 Å². The number of carboxylic acid groups (broad SMARTS) is 1. The molecule has 0 amide bonds. The zero-order valence-corrected chi connectivity index (χ0v) is 8.77. The molecule has 0 unspecified atom stereocenters. The Hall–Kier alpha value is -1.80. The van der Waals surface area contributed by atoms with E-state index in [9.17, 15) is 9.90 Å². The van der Waals surface area contributed by atoms with E-state index < -0.39 is 11.6 Å². The van der Waals surface area contributed by atoms with Crippen LogP contribution in [0.15, 0.2) is 6.20 Å². The minimum absolute atomic E-state index is 0.0363. The van der Waals surface area contributed by atoms with Crippen molar-refractivity contribution >= 4 is 5.97 Å². The van der Waals surface area contributed by atoms with Gasteiger partial charge in [-0.05, 0) is 19.8 Å². The Labute approximate surface area is 87.3 Å². The molecule has 0 aliphatic rings. The monoisotopic (exact) mass is 208 g/mol. The molecule has 2 N–H and O–H groups in total. The highest BCUT2D eigenvalue weighted by Crippen LogP contribution is 2.06. The second-order valence-electron chi connectivity index (χ2n) is 3.68. The van der Waals surface area contributed by atoms with E-state index in [2.05, 4.69) is 16.9 Å². The van der Waals surface area contributed by atoms with Crippen LogP contribution >= 0.6 is 0 Å². The molecule has 0 aliphatic heterocycles. The van der Waals surface area contributed by atoms with Crippen LogP contribution in [0, 0.1) is 11.8 Å². The predicted molar refractivity (Wildman–Crippen MR) is 53.3 cm³/mol. The summed E-state index contributed by atoms with van der Waals surface area (Å²) < 4.78 is 1.37. The van der Waals surface area contributed by atoms with E-state index in [1.807, 2.05) is 0 Å². The van der Waals surface area contributed by atoms with E-state index in [1.165, 1.54) is 24.7 Å². The number of hydrogen-bond donors (Lipinski definition) is 2. The Morgan fingerprint density at radius 2 is 2.20 bits per heavy atom. The largest absolute Gasteiger partial charge is 0.478 e. The molecular weight excluding hydrogens is 196 g/mol. The van der Waals surface area contributed by atoms with Gasteiger partial charge in [-0.1, -0.05) is 5.92 Å². The second kappa shape index (κ2) is 3.75. The fraction of sp³-hybridized carbons (Fsp3) is 0.400. The maximum atomic E-state index is 10.8. The Kier molecular flexibility index (Phi) is 2.82. The molecule has 0 bridgehead atoms. The zero-order valence-electron chi connectivity index (χ0n) is 8.77. The van der Waals surface area contributed by atoms with Crippen molar-refractivity contribution in [3.63, 3.8) is 0 Å². The van der Waals surface area contributed by atoms with Gasteiger partial charge in [0.25, 0.3) is 0 Å². The molecule has 80 valence electrons. The van der Waals surface area contributed by atoms with Crippen molar-refractivity contribution < 1.29 is 15.0 Å². The number of aromatic carboxylic acids is 1. The van der Waals surface area contributed by atoms with Gasteiger partial charge in [0.1, 0.15) is 16.9 Å². The number of aliphatic hydroxyl groups is 1. The van der Waals surface area contributed by atoms with E-state index >= 15 is 0 Å². The first-order chi connectivity index (χ1) is 6.79. The minimum Gasteiger partial charge on any atom is -0.478 e. The summed E-state index contributed by atoms with van der Waals surface area (Å²) in [6.07, 6.45) is 1.37. The van der Waals surface area contributed by atoms with Crippen molar-refractivity contribution in [3.05, 3.63) is 17.5 Å². The third-order valence-corrected chi connectivity index (χ3v) is 1.55. The van der Waals surface area contributed by atoms with Gasteiger partial charge in [0.15, 0.2) is 0 Å². The van der Waals surface area contributed by atoms with E-state index in [4.69, 9.17) is 5.11 Å². The fourth-order valence-electron chi connectivity index (χ4n) is 0.949. The highest BCUT2D eigenvalue weighted by atomic mass is 16.4. The Balaban J connectivity index is 3.13. The number of hydrogen-bond acceptors (Lipinski definition) is 3. The van der Waals surface area contributed by atoms with Gasteiger partial charge in [-0.2, -0.15) is 5.10 Å². The van der Waals surface area contributed by atoms with Gasteiger partial charge in [-0.15, -0.1) is 0 Å². The maximum Gasteiger partial charge on any atom is 0.340 e. The number of nitrogens with zero attached hydrogens (tertiary/aromatic N) is 2. The average Bonchev–Trinajstić information content (AvgIpc) is 2.42. The summed E-state index contributed by atoms with van der Waals surface area (Å²) in [5, 5.41) is 22.1. The molecule has 0 atom stereocenters. The van der Waals surface area contributed by atoms with Crippen LogP contribution in [0.3, 0.4) is 0 Å². The van der Waals surface area contributed by atoms with Crippen molar-refractivity contribution in [1.29, 1.82) is 0 Å². The van der Waals surface area contributed by atoms with Crippen LogP contribution < -0.4 is 0 Å². The zero-order chi connectivity index (χ0) is 11.6. The normalized spacial score (nSPS) is 10.7. The van der Waals surface area contributed by atoms with Crippen LogP contribution in [0.25, 0.3) is 0 Å². The molecule has 0 fully saturated rings. The lowest BCUT2D eigenvalue weighted by molar-refractivity contribution is 0.0696. The van der Waals surface area contributed by atoms with Crippen LogP contribution in [0.2, 0.25) is 0 Å². The predicted octanol–water partition coefficient (Wildman–Crippen LogP) is 0.241. The van der Waals surface area contributed by atoms with Crippen LogP contribution in [0.1, 0.15) is 29.9 Å². The minimum atomic E-state index is -1.16. The number of carbonyl (C=O) groups is 1. The molecular formula is C10H12N2O3. The molecule has 1 heterocycles. The quantitative estimate of drug-likeness (QED) is 0.648. The highest BCUT2D eigenvalue weighted by Gasteiger charge is 2.13. The molecule has 0 aliphatic carbocycles. The topological polar surface area (TPSA) is 75.4 Å². The van der Waals surface area contributed by atoms with Gasteiger partial charge >= 0.3 is 5.97 Å². The lowest BCUT2D eigenvalue weighted by atomic mass is 10.1. The molecule has 0 saturated carbocycles. The van der Waals surface area contributed by atoms with Crippen LogP contribution in [0.4, 0.5) is 0 Å². The van der Waals surface area contributed by atoms with Crippen molar-refractivity contribution in [2.24, 2.45) is 7.05 Å². The Morgan fingerprint density at radius 3 is 2.67 bits per heavy atom. The molecule has 1 aromatic rings. The Morgan fingerprint density at radius 1 is 1.60 bits per heavy atom. The van der Waals surface area contributed by atoms with E-state index in [0.717, 1.165) is 0 Å². The molecule has 0 aromatic carbocycles. The van der Waals surface area contributed by atoms with E-state index in [1.54, 1.807) is 7.05 Å². The van der Waals surface area contributed by atoms with Crippen LogP contribution in [0.5, 0.6) is 0 Å². The number of carboxylic acids is 1. The van der Waals surface area contributed by atoms with Crippen LogP contribution in [-0.2, 0) is 7.05 Å². The molecule has 5 nitrogen and oxygen atoms in total. The molecule has 15 heavy (non-hydrogen) atoms. The molecule has 0 spiro atoms. The summed E-state index contributed by atoms with van der Waals surface area (Å²) in [7, 11) is 1.61. The van der Waals surface area contributed by atoms with Gasteiger partial charge in [-0.25, -0.2) is 4.79 Å². The van der Waals surface area contributed by atoms with Crippen molar-refractivity contribution in [2.45, 2.75) is 19.4 Å². The van der Waals surface area contributed by atoms with E-state index in [-0.39, 0.29) is 11.3 Å². The summed E-state index contributed by atoms with van der Waals surface area (Å²) in [6, 6.07) is 0. The highest BCUT2D eigenvalue weighted by molar-refractivity contribution is 5.89. The summed E-state index contributed by atoms with van der Waals surface area (Å²) in [4.78, 5) is 10.8. The standard InChI is InChI=1S/C10H12N2O3/c1-10(2,15)5-4-8-7(9(13)14)6-12(3)11-8/h6,15H,1-3H3,(H,13,14). The summed E-state index contributed by atoms with van der Waals surface area (Å²) >= 11 is 0. The van der Waals surface area contributed by atoms with E-state index in [0.29, 0.717) is 0 Å². The lowest BCUT2D eigenvalue weighted by Crippen LogP contribution is -2.14. The first-order valence-corrected chi connectivity index (χ1v) is 4.32. The summed E-state index contributed by atoms with van der Waals surface area (Å²) in [6.45, 7) is 3.03. The number of rotatable bonds is 1. The summed E-state index contributed by atoms with van der Waals surface area (Å²) in [5.41, 5.74) is -0.964. The molecule has 1 rings (SSSR count). The first kappa shape index (κ1) is 11.3. The second-order valence-corrected chi connectivity index (χ2v) is 3.68. The van der Waals surface area contributed by atoms with Gasteiger partial charge in [0, 0.05) is 13.2 Å². The molecule has 1 aromatic heterocycles. The van der Waals surface area contributed by atoms with Crippen molar-refractivity contribution in [2.75, 3.05) is 0 Å². The lowest BCUT2D eigenvalue weighted by Gasteiger charge is -2.05. The molecule has 0 saturated heterocycles.